The number of ketones is 1. The third-order valence-corrected chi connectivity index (χ3v) is 5.61. The lowest BCUT2D eigenvalue weighted by molar-refractivity contribution is -0.120. The summed E-state index contributed by atoms with van der Waals surface area (Å²) in [4.78, 5) is 12.5. The van der Waals surface area contributed by atoms with Crippen molar-refractivity contribution < 1.29 is 14.6 Å². The lowest BCUT2D eigenvalue weighted by atomic mass is 9.82. The fraction of sp³-hybridized carbons (Fsp3) is 0.750. The van der Waals surface area contributed by atoms with E-state index in [-0.39, 0.29) is 23.7 Å². The van der Waals surface area contributed by atoms with Crippen LogP contribution < -0.4 is 0 Å². The highest BCUT2D eigenvalue weighted by atomic mass is 16.6. The Hall–Kier alpha value is -0.930. The zero-order valence-corrected chi connectivity index (χ0v) is 15.3. The van der Waals surface area contributed by atoms with Crippen molar-refractivity contribution in [1.82, 2.24) is 0 Å². The average Bonchev–Trinajstić information content (AvgIpc) is 3.12. The van der Waals surface area contributed by atoms with Gasteiger partial charge >= 0.3 is 0 Å². The maximum absolute atomic E-state index is 12.5. The topological polar surface area (TPSA) is 49.8 Å². The largest absolute Gasteiger partial charge is 0.385 e. The van der Waals surface area contributed by atoms with Crippen LogP contribution in [-0.2, 0) is 9.53 Å². The van der Waals surface area contributed by atoms with Crippen molar-refractivity contribution in [1.29, 1.82) is 0 Å². The lowest BCUT2D eigenvalue weighted by Gasteiger charge is -2.29. The quantitative estimate of drug-likeness (QED) is 0.582. The van der Waals surface area contributed by atoms with Gasteiger partial charge in [-0.05, 0) is 56.9 Å². The summed E-state index contributed by atoms with van der Waals surface area (Å²) in [6.45, 7) is 10.1. The molecule has 0 bridgehead atoms. The summed E-state index contributed by atoms with van der Waals surface area (Å²) in [6.07, 6.45) is 10.4. The van der Waals surface area contributed by atoms with Crippen LogP contribution >= 0.6 is 0 Å². The van der Waals surface area contributed by atoms with Crippen molar-refractivity contribution >= 4 is 5.78 Å². The predicted molar refractivity (Wildman–Crippen MR) is 93.2 cm³/mol. The summed E-state index contributed by atoms with van der Waals surface area (Å²) in [5.74, 6) is 0.419. The van der Waals surface area contributed by atoms with Gasteiger partial charge < -0.3 is 9.84 Å². The van der Waals surface area contributed by atoms with Crippen molar-refractivity contribution in [3.63, 3.8) is 0 Å². The Morgan fingerprint density at radius 1 is 1.35 bits per heavy atom. The van der Waals surface area contributed by atoms with Gasteiger partial charge in [-0.1, -0.05) is 39.0 Å². The Bertz CT molecular complexity index is 505. The minimum Gasteiger partial charge on any atom is -0.385 e. The molecule has 23 heavy (non-hydrogen) atoms. The van der Waals surface area contributed by atoms with Crippen LogP contribution in [0.2, 0.25) is 0 Å². The van der Waals surface area contributed by atoms with Crippen molar-refractivity contribution in [3.8, 4) is 0 Å². The van der Waals surface area contributed by atoms with Crippen LogP contribution in [-0.4, -0.2) is 28.2 Å². The van der Waals surface area contributed by atoms with Crippen molar-refractivity contribution in [2.75, 3.05) is 0 Å². The molecule has 0 unspecified atom stereocenters. The standard InChI is InChI=1S/C20H32O3/c1-14(2)20(22)12-10-15(3)8-9-18-19(5,23-18)11-6-7-16(4)17(21)13-20/h7,10,12,14-15,18,22H,6,8-9,11,13H2,1-5H3/b12-10+,16-7+/t15-,18-,19-,20-/m0/s1. The number of fused-ring (bicyclic) bond motifs is 1. The third kappa shape index (κ3) is 4.54. The summed E-state index contributed by atoms with van der Waals surface area (Å²) in [5, 5.41) is 10.9. The molecule has 2 aliphatic rings. The first-order chi connectivity index (χ1) is 10.7. The molecule has 1 aliphatic carbocycles. The van der Waals surface area contributed by atoms with Gasteiger partial charge in [-0.15, -0.1) is 0 Å². The molecule has 4 atom stereocenters. The number of allylic oxidation sites excluding steroid dienone is 3. The van der Waals surface area contributed by atoms with E-state index in [0.717, 1.165) is 31.3 Å². The molecule has 0 aromatic heterocycles. The molecule has 0 spiro atoms. The van der Waals surface area contributed by atoms with Crippen LogP contribution in [0.25, 0.3) is 0 Å². The smallest absolute Gasteiger partial charge is 0.161 e. The molecule has 1 saturated heterocycles. The second kappa shape index (κ2) is 6.90. The normalized spacial score (nSPS) is 43.3. The molecule has 0 saturated carbocycles. The van der Waals surface area contributed by atoms with Gasteiger partial charge in [-0.2, -0.15) is 0 Å². The molecule has 3 nitrogen and oxygen atoms in total. The number of hydrogen-bond donors (Lipinski definition) is 1. The molecule has 1 heterocycles. The van der Waals surface area contributed by atoms with Gasteiger partial charge in [-0.3, -0.25) is 4.79 Å². The molecule has 0 amide bonds. The van der Waals surface area contributed by atoms with Gasteiger partial charge in [0.2, 0.25) is 0 Å². The number of hydrogen-bond acceptors (Lipinski definition) is 3. The van der Waals surface area contributed by atoms with Crippen molar-refractivity contribution in [2.45, 2.75) is 84.0 Å². The number of ether oxygens (including phenoxy) is 1. The van der Waals surface area contributed by atoms with Gasteiger partial charge in [0, 0.05) is 6.42 Å². The first-order valence-electron chi connectivity index (χ1n) is 8.96. The summed E-state index contributed by atoms with van der Waals surface area (Å²) in [5.41, 5.74) is -0.315. The zero-order chi connectivity index (χ0) is 17.3. The molecule has 130 valence electrons. The maximum atomic E-state index is 12.5. The summed E-state index contributed by atoms with van der Waals surface area (Å²) in [7, 11) is 0. The van der Waals surface area contributed by atoms with Gasteiger partial charge in [0.05, 0.1) is 17.3 Å². The zero-order valence-electron chi connectivity index (χ0n) is 15.3. The van der Waals surface area contributed by atoms with Crippen LogP contribution in [0.4, 0.5) is 0 Å². The first-order valence-corrected chi connectivity index (χ1v) is 8.96. The second-order valence-electron chi connectivity index (χ2n) is 8.00. The Kier molecular flexibility index (Phi) is 5.52. The molecule has 1 aliphatic heterocycles. The summed E-state index contributed by atoms with van der Waals surface area (Å²) in [6, 6.07) is 0. The maximum Gasteiger partial charge on any atom is 0.161 e. The number of rotatable bonds is 1. The fourth-order valence-corrected chi connectivity index (χ4v) is 3.26. The van der Waals surface area contributed by atoms with E-state index in [4.69, 9.17) is 4.74 Å². The van der Waals surface area contributed by atoms with Gasteiger partial charge in [0.1, 0.15) is 0 Å². The highest BCUT2D eigenvalue weighted by Gasteiger charge is 2.50. The van der Waals surface area contributed by atoms with E-state index in [1.54, 1.807) is 0 Å². The molecule has 3 heteroatoms. The van der Waals surface area contributed by atoms with Crippen LogP contribution in [0, 0.1) is 11.8 Å². The molecule has 0 aromatic rings. The molecule has 1 fully saturated rings. The SMILES string of the molecule is C/C1=C\CC[C@]2(C)O[C@H]2CC[C@H](C)/C=C/[C@@](O)(C(C)C)CC1=O. The molecule has 2 rings (SSSR count). The Morgan fingerprint density at radius 3 is 2.70 bits per heavy atom. The molecular weight excluding hydrogens is 288 g/mol. The minimum absolute atomic E-state index is 0.00524. The number of carbonyl (C=O) groups is 1. The molecule has 1 N–H and O–H groups in total. The van der Waals surface area contributed by atoms with Gasteiger partial charge in [0.15, 0.2) is 5.78 Å². The second-order valence-corrected chi connectivity index (χ2v) is 8.00. The lowest BCUT2D eigenvalue weighted by Crippen LogP contribution is -2.35. The fourth-order valence-electron chi connectivity index (χ4n) is 3.26. The van der Waals surface area contributed by atoms with Crippen LogP contribution in [0.15, 0.2) is 23.8 Å². The van der Waals surface area contributed by atoms with E-state index in [1.807, 2.05) is 32.9 Å². The van der Waals surface area contributed by atoms with E-state index in [0.29, 0.717) is 12.0 Å². The van der Waals surface area contributed by atoms with E-state index in [9.17, 15) is 9.90 Å². The van der Waals surface area contributed by atoms with Crippen molar-refractivity contribution in [3.05, 3.63) is 23.8 Å². The first kappa shape index (κ1) is 18.4. The highest BCUT2D eigenvalue weighted by molar-refractivity contribution is 5.95. The predicted octanol–water partition coefficient (Wildman–Crippen LogP) is 4.20. The Labute approximate surface area is 140 Å². The van der Waals surface area contributed by atoms with Crippen LogP contribution in [0.3, 0.4) is 0 Å². The highest BCUT2D eigenvalue weighted by Crippen LogP contribution is 2.43. The Morgan fingerprint density at radius 2 is 2.04 bits per heavy atom. The number of epoxide rings is 1. The van der Waals surface area contributed by atoms with Gasteiger partial charge in [-0.25, -0.2) is 0 Å². The number of Topliss-reactive ketones (excluding diaryl/α,β-unsaturated/α-hetero) is 1. The van der Waals surface area contributed by atoms with Gasteiger partial charge in [0.25, 0.3) is 0 Å². The van der Waals surface area contributed by atoms with E-state index in [1.165, 1.54) is 0 Å². The number of aliphatic hydroxyl groups is 1. The van der Waals surface area contributed by atoms with Crippen molar-refractivity contribution in [2.24, 2.45) is 11.8 Å². The van der Waals surface area contributed by atoms with Crippen LogP contribution in [0.5, 0.6) is 0 Å². The number of carbonyl (C=O) groups excluding carboxylic acids is 1. The molecular formula is C20H32O3. The summed E-state index contributed by atoms with van der Waals surface area (Å²) < 4.78 is 5.88. The average molecular weight is 320 g/mol. The van der Waals surface area contributed by atoms with E-state index in [2.05, 4.69) is 19.9 Å². The molecule has 0 radical (unpaired) electrons. The Balaban J connectivity index is 2.20. The third-order valence-electron chi connectivity index (χ3n) is 5.61. The van der Waals surface area contributed by atoms with E-state index < -0.39 is 5.60 Å². The summed E-state index contributed by atoms with van der Waals surface area (Å²) >= 11 is 0. The monoisotopic (exact) mass is 320 g/mol. The van der Waals surface area contributed by atoms with Crippen LogP contribution in [0.1, 0.15) is 66.7 Å². The molecule has 0 aromatic carbocycles. The van der Waals surface area contributed by atoms with E-state index >= 15 is 0 Å². The minimum atomic E-state index is -1.06.